The predicted octanol–water partition coefficient (Wildman–Crippen LogP) is 3.58. The molecule has 4 heterocycles. The fourth-order valence-electron chi connectivity index (χ4n) is 3.48. The van der Waals surface area contributed by atoms with Gasteiger partial charge in [-0.1, -0.05) is 0 Å². The average Bonchev–Trinajstić information content (AvgIpc) is 2.83. The number of likely N-dealkylation sites (N-methyl/N-ethyl adjacent to an activating group) is 1. The quantitative estimate of drug-likeness (QED) is 0.455. The Morgan fingerprint density at radius 1 is 1.09 bits per heavy atom. The van der Waals surface area contributed by atoms with Crippen molar-refractivity contribution in [2.45, 2.75) is 19.1 Å². The maximum absolute atomic E-state index is 13.4. The number of nitrogens with zero attached hydrogens (tertiary/aromatic N) is 6. The van der Waals surface area contributed by atoms with Crippen molar-refractivity contribution in [2.24, 2.45) is 0 Å². The second-order valence-corrected chi connectivity index (χ2v) is 7.79. The maximum Gasteiger partial charge on any atom is 0.433 e. The second kappa shape index (κ2) is 8.65. The summed E-state index contributed by atoms with van der Waals surface area (Å²) >= 11 is 0. The van der Waals surface area contributed by atoms with E-state index < -0.39 is 23.5 Å². The molecule has 1 atom stereocenters. The zero-order valence-electron chi connectivity index (χ0n) is 18.4. The van der Waals surface area contributed by atoms with E-state index in [-0.39, 0.29) is 28.1 Å². The summed E-state index contributed by atoms with van der Waals surface area (Å²) in [6.07, 6.45) is 0.879. The molecule has 0 saturated carbocycles. The third-order valence-corrected chi connectivity index (χ3v) is 5.27. The lowest BCUT2D eigenvalue weighted by Crippen LogP contribution is -2.35. The smallest absolute Gasteiger partial charge is 0.347 e. The molecule has 0 bridgehead atoms. The van der Waals surface area contributed by atoms with E-state index >= 15 is 0 Å². The summed E-state index contributed by atoms with van der Waals surface area (Å²) in [5, 5.41) is 0.157. The third kappa shape index (κ3) is 4.24. The summed E-state index contributed by atoms with van der Waals surface area (Å²) in [4.78, 5) is 43.7. The van der Waals surface area contributed by atoms with Gasteiger partial charge >= 0.3 is 6.18 Å². The SMILES string of the molecule is C[C@@H](C(=O)N(C)C)n1cnc2c(-c3cccnc3)nc(-c3ccc(C(F)(F)F)nc3)cc2c1=O. The van der Waals surface area contributed by atoms with Gasteiger partial charge in [-0.3, -0.25) is 24.1 Å². The number of halogens is 3. The van der Waals surface area contributed by atoms with E-state index in [1.807, 2.05) is 0 Å². The first kappa shape index (κ1) is 23.0. The van der Waals surface area contributed by atoms with Gasteiger partial charge in [0.25, 0.3) is 5.56 Å². The summed E-state index contributed by atoms with van der Waals surface area (Å²) in [6.45, 7) is 1.58. The Morgan fingerprint density at radius 3 is 2.44 bits per heavy atom. The highest BCUT2D eigenvalue weighted by molar-refractivity contribution is 5.93. The van der Waals surface area contributed by atoms with Gasteiger partial charge in [-0.05, 0) is 37.3 Å². The number of aromatic nitrogens is 5. The van der Waals surface area contributed by atoms with E-state index in [0.717, 1.165) is 12.3 Å². The molecule has 0 saturated heterocycles. The molecule has 34 heavy (non-hydrogen) atoms. The first-order valence-electron chi connectivity index (χ1n) is 10.1. The number of pyridine rings is 3. The van der Waals surface area contributed by atoms with Crippen LogP contribution in [0.25, 0.3) is 33.4 Å². The van der Waals surface area contributed by atoms with Crippen molar-refractivity contribution in [3.8, 4) is 22.5 Å². The van der Waals surface area contributed by atoms with Gasteiger partial charge < -0.3 is 4.90 Å². The average molecular weight is 468 g/mol. The molecule has 0 radical (unpaired) electrons. The number of carbonyl (C=O) groups is 1. The van der Waals surface area contributed by atoms with Crippen molar-refractivity contribution in [2.75, 3.05) is 14.1 Å². The van der Waals surface area contributed by atoms with Gasteiger partial charge in [-0.25, -0.2) is 9.97 Å². The molecule has 0 fully saturated rings. The third-order valence-electron chi connectivity index (χ3n) is 5.27. The summed E-state index contributed by atoms with van der Waals surface area (Å²) in [6, 6.07) is 6.14. The molecule has 0 aliphatic rings. The van der Waals surface area contributed by atoms with Crippen molar-refractivity contribution in [3.63, 3.8) is 0 Å². The van der Waals surface area contributed by atoms with Crippen LogP contribution in [0.1, 0.15) is 18.7 Å². The first-order chi connectivity index (χ1) is 16.1. The Morgan fingerprint density at radius 2 is 1.85 bits per heavy atom. The van der Waals surface area contributed by atoms with Gasteiger partial charge in [0.05, 0.1) is 23.1 Å². The first-order valence-corrected chi connectivity index (χ1v) is 10.1. The molecule has 4 aromatic heterocycles. The minimum atomic E-state index is -4.58. The van der Waals surface area contributed by atoms with Crippen molar-refractivity contribution in [1.82, 2.24) is 29.4 Å². The molecule has 0 spiro atoms. The molecule has 8 nitrogen and oxygen atoms in total. The number of amides is 1. The molecular formula is C23H19F3N6O2. The Labute approximate surface area is 191 Å². The monoisotopic (exact) mass is 468 g/mol. The molecular weight excluding hydrogens is 449 g/mol. The van der Waals surface area contributed by atoms with Crippen molar-refractivity contribution >= 4 is 16.8 Å². The van der Waals surface area contributed by atoms with E-state index in [0.29, 0.717) is 11.3 Å². The molecule has 0 aromatic carbocycles. The van der Waals surface area contributed by atoms with Crippen LogP contribution in [-0.4, -0.2) is 49.4 Å². The summed E-state index contributed by atoms with van der Waals surface area (Å²) in [7, 11) is 3.16. The lowest BCUT2D eigenvalue weighted by Gasteiger charge is -2.19. The molecule has 1 amide bonds. The fraction of sp³-hybridized carbons (Fsp3) is 0.217. The number of alkyl halides is 3. The van der Waals surface area contributed by atoms with E-state index in [4.69, 9.17) is 0 Å². The van der Waals surface area contributed by atoms with Gasteiger partial charge in [-0.2, -0.15) is 13.2 Å². The maximum atomic E-state index is 13.4. The van der Waals surface area contributed by atoms with Crippen LogP contribution in [0.2, 0.25) is 0 Å². The lowest BCUT2D eigenvalue weighted by atomic mass is 10.1. The van der Waals surface area contributed by atoms with Crippen LogP contribution in [0.4, 0.5) is 13.2 Å². The zero-order valence-corrected chi connectivity index (χ0v) is 18.4. The van der Waals surface area contributed by atoms with Gasteiger partial charge in [0.1, 0.15) is 17.3 Å². The van der Waals surface area contributed by atoms with E-state index in [1.165, 1.54) is 27.9 Å². The number of fused-ring (bicyclic) bond motifs is 1. The molecule has 4 rings (SSSR count). The van der Waals surface area contributed by atoms with Crippen LogP contribution < -0.4 is 5.56 Å². The molecule has 0 N–H and O–H groups in total. The largest absolute Gasteiger partial charge is 0.433 e. The lowest BCUT2D eigenvalue weighted by molar-refractivity contribution is -0.141. The van der Waals surface area contributed by atoms with E-state index in [1.54, 1.807) is 45.5 Å². The Bertz CT molecular complexity index is 1420. The molecule has 0 aliphatic heterocycles. The molecule has 174 valence electrons. The summed E-state index contributed by atoms with van der Waals surface area (Å²) in [5.74, 6) is -0.294. The van der Waals surface area contributed by atoms with Crippen molar-refractivity contribution in [1.29, 1.82) is 0 Å². The highest BCUT2D eigenvalue weighted by Crippen LogP contribution is 2.31. The topological polar surface area (TPSA) is 93.9 Å². The Kier molecular flexibility index (Phi) is 5.86. The Hall–Kier alpha value is -4.15. The molecule has 0 unspecified atom stereocenters. The minimum absolute atomic E-state index is 0.157. The van der Waals surface area contributed by atoms with Crippen LogP contribution in [0.3, 0.4) is 0 Å². The molecule has 11 heteroatoms. The van der Waals surface area contributed by atoms with Crippen LogP contribution in [-0.2, 0) is 11.0 Å². The number of hydrogen-bond acceptors (Lipinski definition) is 6. The second-order valence-electron chi connectivity index (χ2n) is 7.79. The molecule has 4 aromatic rings. The van der Waals surface area contributed by atoms with Gasteiger partial charge in [0.15, 0.2) is 0 Å². The highest BCUT2D eigenvalue weighted by Gasteiger charge is 2.32. The number of hydrogen-bond donors (Lipinski definition) is 0. The summed E-state index contributed by atoms with van der Waals surface area (Å²) in [5.41, 5.74) is 0.170. The van der Waals surface area contributed by atoms with Gasteiger partial charge in [0, 0.05) is 43.8 Å². The van der Waals surface area contributed by atoms with Gasteiger partial charge in [0.2, 0.25) is 5.91 Å². The standard InChI is InChI=1S/C23H19F3N6O2/c1-13(21(33)31(2)3)32-12-29-20-16(22(32)34)9-17(30-19(20)15-5-4-8-27-10-15)14-6-7-18(28-11-14)23(24,25)26/h4-13H,1-3H3/t13-/m0/s1. The van der Waals surface area contributed by atoms with Crippen molar-refractivity contribution < 1.29 is 18.0 Å². The minimum Gasteiger partial charge on any atom is -0.347 e. The number of carbonyl (C=O) groups excluding carboxylic acids is 1. The predicted molar refractivity (Wildman–Crippen MR) is 119 cm³/mol. The van der Waals surface area contributed by atoms with Gasteiger partial charge in [-0.15, -0.1) is 0 Å². The van der Waals surface area contributed by atoms with E-state index in [2.05, 4.69) is 19.9 Å². The normalized spacial score (nSPS) is 12.5. The van der Waals surface area contributed by atoms with Crippen molar-refractivity contribution in [3.05, 3.63) is 71.3 Å². The highest BCUT2D eigenvalue weighted by atomic mass is 19.4. The molecule has 0 aliphatic carbocycles. The Balaban J connectivity index is 1.96. The zero-order chi connectivity index (χ0) is 24.6. The van der Waals surface area contributed by atoms with Crippen LogP contribution in [0.5, 0.6) is 0 Å². The number of rotatable bonds is 4. The van der Waals surface area contributed by atoms with E-state index in [9.17, 15) is 22.8 Å². The fourth-order valence-corrected chi connectivity index (χ4v) is 3.48. The van der Waals surface area contributed by atoms with Crippen LogP contribution in [0.15, 0.2) is 60.0 Å². The summed E-state index contributed by atoms with van der Waals surface area (Å²) < 4.78 is 40.0. The van der Waals surface area contributed by atoms with Crippen LogP contribution >= 0.6 is 0 Å². The van der Waals surface area contributed by atoms with Crippen LogP contribution in [0, 0.1) is 0 Å².